The van der Waals surface area contributed by atoms with Gasteiger partial charge < -0.3 is 10.3 Å². The summed E-state index contributed by atoms with van der Waals surface area (Å²) in [5.74, 6) is 0. The summed E-state index contributed by atoms with van der Waals surface area (Å²) in [5, 5.41) is 1.29. The van der Waals surface area contributed by atoms with E-state index in [9.17, 15) is 0 Å². The third-order valence-corrected chi connectivity index (χ3v) is 4.21. The molecule has 0 saturated heterocycles. The second-order valence-electron chi connectivity index (χ2n) is 5.80. The molecule has 0 amide bonds. The van der Waals surface area contributed by atoms with Gasteiger partial charge in [0.05, 0.1) is 0 Å². The maximum atomic E-state index is 5.78. The number of fused-ring (bicyclic) bond motifs is 1. The summed E-state index contributed by atoms with van der Waals surface area (Å²) in [6.45, 7) is 0.841. The van der Waals surface area contributed by atoms with Crippen molar-refractivity contribution >= 4 is 16.6 Å². The van der Waals surface area contributed by atoms with Gasteiger partial charge in [-0.25, -0.2) is 0 Å². The molecule has 23 heavy (non-hydrogen) atoms. The first kappa shape index (κ1) is 13.6. The number of rotatable bonds is 3. The number of nitrogen functional groups attached to an aromatic ring is 1. The van der Waals surface area contributed by atoms with Gasteiger partial charge in [0.1, 0.15) is 0 Å². The third kappa shape index (κ3) is 2.59. The summed E-state index contributed by atoms with van der Waals surface area (Å²) < 4.78 is 2.31. The molecule has 2 nitrogen and oxygen atoms in total. The first-order chi connectivity index (χ1) is 11.3. The van der Waals surface area contributed by atoms with Crippen molar-refractivity contribution in [2.75, 3.05) is 5.73 Å². The summed E-state index contributed by atoms with van der Waals surface area (Å²) in [6, 6.07) is 27.2. The van der Waals surface area contributed by atoms with Gasteiger partial charge in [0.2, 0.25) is 0 Å². The summed E-state index contributed by atoms with van der Waals surface area (Å²) in [4.78, 5) is 0. The molecule has 0 atom stereocenters. The van der Waals surface area contributed by atoms with Crippen LogP contribution in [0.25, 0.3) is 22.0 Å². The molecule has 0 aliphatic heterocycles. The fraction of sp³-hybridized carbons (Fsp3) is 0.0476. The maximum Gasteiger partial charge on any atom is 0.0489 e. The van der Waals surface area contributed by atoms with Gasteiger partial charge in [-0.05, 0) is 29.3 Å². The summed E-state index contributed by atoms with van der Waals surface area (Å²) >= 11 is 0. The Morgan fingerprint density at radius 2 is 1.43 bits per heavy atom. The highest BCUT2D eigenvalue weighted by Crippen LogP contribution is 2.31. The number of hydrogen-bond acceptors (Lipinski definition) is 1. The molecule has 4 rings (SSSR count). The molecule has 0 saturated carbocycles. The Balaban J connectivity index is 1.83. The van der Waals surface area contributed by atoms with Crippen LogP contribution < -0.4 is 5.73 Å². The zero-order valence-electron chi connectivity index (χ0n) is 12.8. The fourth-order valence-corrected chi connectivity index (χ4v) is 3.05. The van der Waals surface area contributed by atoms with E-state index in [1.807, 2.05) is 12.1 Å². The van der Waals surface area contributed by atoms with E-state index in [1.54, 1.807) is 0 Å². The van der Waals surface area contributed by atoms with E-state index in [4.69, 9.17) is 5.73 Å². The fourth-order valence-electron chi connectivity index (χ4n) is 3.05. The Morgan fingerprint density at radius 1 is 0.739 bits per heavy atom. The Hall–Kier alpha value is -3.00. The van der Waals surface area contributed by atoms with Crippen LogP contribution in [0.5, 0.6) is 0 Å². The molecular formula is C21H18N2. The van der Waals surface area contributed by atoms with E-state index >= 15 is 0 Å². The van der Waals surface area contributed by atoms with Crippen LogP contribution in [0.4, 0.5) is 5.69 Å². The lowest BCUT2D eigenvalue weighted by Gasteiger charge is -2.06. The highest BCUT2D eigenvalue weighted by atomic mass is 15.0. The number of nitrogens with zero attached hydrogens (tertiary/aromatic N) is 1. The van der Waals surface area contributed by atoms with Crippen molar-refractivity contribution in [2.45, 2.75) is 6.54 Å². The molecule has 0 aliphatic carbocycles. The van der Waals surface area contributed by atoms with Crippen LogP contribution >= 0.6 is 0 Å². The molecule has 3 aromatic carbocycles. The van der Waals surface area contributed by atoms with E-state index in [0.717, 1.165) is 12.2 Å². The zero-order valence-corrected chi connectivity index (χ0v) is 12.8. The Kier molecular flexibility index (Phi) is 3.35. The smallest absolute Gasteiger partial charge is 0.0489 e. The average molecular weight is 298 g/mol. The Morgan fingerprint density at radius 3 is 2.22 bits per heavy atom. The van der Waals surface area contributed by atoms with Gasteiger partial charge in [-0.15, -0.1) is 0 Å². The lowest BCUT2D eigenvalue weighted by Crippen LogP contribution is -1.98. The highest BCUT2D eigenvalue weighted by molar-refractivity contribution is 5.96. The van der Waals surface area contributed by atoms with Gasteiger partial charge >= 0.3 is 0 Å². The van der Waals surface area contributed by atoms with E-state index < -0.39 is 0 Å². The third-order valence-electron chi connectivity index (χ3n) is 4.21. The summed E-state index contributed by atoms with van der Waals surface area (Å²) in [7, 11) is 0. The average Bonchev–Trinajstić information content (AvgIpc) is 2.97. The predicted octanol–water partition coefficient (Wildman–Crippen LogP) is 4.94. The molecule has 0 bridgehead atoms. The molecular weight excluding hydrogens is 280 g/mol. The molecule has 0 fully saturated rings. The van der Waals surface area contributed by atoms with Crippen LogP contribution in [0.2, 0.25) is 0 Å². The second-order valence-corrected chi connectivity index (χ2v) is 5.80. The van der Waals surface area contributed by atoms with Crippen LogP contribution in [0.15, 0.2) is 85.1 Å². The van der Waals surface area contributed by atoms with Crippen molar-refractivity contribution in [1.29, 1.82) is 0 Å². The van der Waals surface area contributed by atoms with Crippen LogP contribution in [-0.2, 0) is 6.54 Å². The first-order valence-corrected chi connectivity index (χ1v) is 7.79. The number of para-hydroxylation sites is 1. The molecule has 1 aromatic heterocycles. The summed E-state index contributed by atoms with van der Waals surface area (Å²) in [6.07, 6.45) is 2.25. The maximum absolute atomic E-state index is 5.78. The minimum absolute atomic E-state index is 0.802. The zero-order chi connectivity index (χ0) is 15.6. The number of nitrogens with two attached hydrogens (primary N) is 1. The van der Waals surface area contributed by atoms with Crippen molar-refractivity contribution in [3.05, 3.63) is 90.6 Å². The van der Waals surface area contributed by atoms with Crippen molar-refractivity contribution in [3.8, 4) is 11.1 Å². The Labute approximate surface area is 135 Å². The number of aromatic nitrogens is 1. The molecule has 2 N–H and O–H groups in total. The van der Waals surface area contributed by atoms with Crippen molar-refractivity contribution < 1.29 is 0 Å². The normalized spacial score (nSPS) is 11.0. The number of benzene rings is 3. The van der Waals surface area contributed by atoms with Gasteiger partial charge in [-0.2, -0.15) is 0 Å². The van der Waals surface area contributed by atoms with Gasteiger partial charge in [0, 0.05) is 34.9 Å². The molecule has 0 unspecified atom stereocenters. The second kappa shape index (κ2) is 5.65. The predicted molar refractivity (Wildman–Crippen MR) is 97.3 cm³/mol. The highest BCUT2D eigenvalue weighted by Gasteiger charge is 2.09. The van der Waals surface area contributed by atoms with E-state index in [1.165, 1.54) is 27.6 Å². The van der Waals surface area contributed by atoms with Crippen molar-refractivity contribution in [1.82, 2.24) is 4.57 Å². The topological polar surface area (TPSA) is 30.9 Å². The molecule has 0 spiro atoms. The molecule has 1 heterocycles. The van der Waals surface area contributed by atoms with E-state index in [0.29, 0.717) is 0 Å². The van der Waals surface area contributed by atoms with Crippen LogP contribution in [0.3, 0.4) is 0 Å². The number of hydrogen-bond donors (Lipinski definition) is 1. The molecule has 112 valence electrons. The van der Waals surface area contributed by atoms with Gasteiger partial charge in [0.25, 0.3) is 0 Å². The first-order valence-electron chi connectivity index (χ1n) is 7.79. The summed E-state index contributed by atoms with van der Waals surface area (Å²) in [5.41, 5.74) is 11.6. The SMILES string of the molecule is Nc1ccc(Cn2cc(-c3ccccc3)c3ccccc32)cc1. The quantitative estimate of drug-likeness (QED) is 0.534. The van der Waals surface area contributed by atoms with Gasteiger partial charge in [0.15, 0.2) is 0 Å². The van der Waals surface area contributed by atoms with E-state index in [-0.39, 0.29) is 0 Å². The van der Waals surface area contributed by atoms with Crippen LogP contribution in [0, 0.1) is 0 Å². The molecule has 2 heteroatoms. The van der Waals surface area contributed by atoms with Crippen molar-refractivity contribution in [2.24, 2.45) is 0 Å². The minimum Gasteiger partial charge on any atom is -0.399 e. The standard InChI is InChI=1S/C21H18N2/c22-18-12-10-16(11-13-18)14-23-15-20(17-6-2-1-3-7-17)19-8-4-5-9-21(19)23/h1-13,15H,14,22H2. The lowest BCUT2D eigenvalue weighted by atomic mass is 10.1. The Bertz CT molecular complexity index is 935. The largest absolute Gasteiger partial charge is 0.399 e. The number of anilines is 1. The molecule has 4 aromatic rings. The van der Waals surface area contributed by atoms with Crippen molar-refractivity contribution in [3.63, 3.8) is 0 Å². The van der Waals surface area contributed by atoms with Gasteiger partial charge in [-0.1, -0.05) is 60.7 Å². The van der Waals surface area contributed by atoms with Crippen LogP contribution in [-0.4, -0.2) is 4.57 Å². The minimum atomic E-state index is 0.802. The van der Waals surface area contributed by atoms with E-state index in [2.05, 4.69) is 77.5 Å². The lowest BCUT2D eigenvalue weighted by molar-refractivity contribution is 0.838. The monoisotopic (exact) mass is 298 g/mol. The van der Waals surface area contributed by atoms with Crippen LogP contribution in [0.1, 0.15) is 5.56 Å². The molecule has 0 aliphatic rings. The van der Waals surface area contributed by atoms with Gasteiger partial charge in [-0.3, -0.25) is 0 Å². The molecule has 0 radical (unpaired) electrons.